The molecule has 2 aromatic heterocycles. The number of anilines is 1. The number of nitrogens with zero attached hydrogens (tertiary/aromatic N) is 5. The van der Waals surface area contributed by atoms with Crippen molar-refractivity contribution in [1.29, 1.82) is 0 Å². The minimum Gasteiger partial charge on any atom is -0.339 e. The molecule has 31 heavy (non-hydrogen) atoms. The van der Waals surface area contributed by atoms with Crippen LogP contribution in [0.1, 0.15) is 30.1 Å². The SMILES string of the molecule is CCN(c1nc(-c2ccncc2)cc(=O)n1C)C1CCN(C(=O)c2ccccc2)CC1. The Hall–Kier alpha value is -3.48. The molecule has 4 rings (SSSR count). The number of amides is 1. The fraction of sp³-hybridized carbons (Fsp3) is 0.333. The van der Waals surface area contributed by atoms with Crippen LogP contribution in [0, 0.1) is 0 Å². The van der Waals surface area contributed by atoms with Crippen LogP contribution in [0.4, 0.5) is 5.95 Å². The van der Waals surface area contributed by atoms with E-state index in [0.717, 1.165) is 30.5 Å². The van der Waals surface area contributed by atoms with Gasteiger partial charge in [0.25, 0.3) is 11.5 Å². The standard InChI is InChI=1S/C24H27N5O2/c1-3-29(20-11-15-28(16-12-20)23(31)19-7-5-4-6-8-19)24-26-21(17-22(30)27(24)2)18-9-13-25-14-10-18/h4-10,13-14,17,20H,3,11-12,15-16H2,1-2H3. The maximum absolute atomic E-state index is 12.8. The van der Waals surface area contributed by atoms with Crippen molar-refractivity contribution in [2.24, 2.45) is 7.05 Å². The molecule has 0 aliphatic carbocycles. The second-order valence-electron chi connectivity index (χ2n) is 7.75. The van der Waals surface area contributed by atoms with E-state index < -0.39 is 0 Å². The smallest absolute Gasteiger partial charge is 0.255 e. The molecule has 7 heteroatoms. The first-order chi connectivity index (χ1) is 15.1. The summed E-state index contributed by atoms with van der Waals surface area (Å²) in [5, 5.41) is 0. The van der Waals surface area contributed by atoms with Crippen molar-refractivity contribution in [3.8, 4) is 11.3 Å². The molecule has 7 nitrogen and oxygen atoms in total. The molecule has 0 radical (unpaired) electrons. The van der Waals surface area contributed by atoms with Crippen molar-refractivity contribution in [3.63, 3.8) is 0 Å². The summed E-state index contributed by atoms with van der Waals surface area (Å²) in [6, 6.07) is 14.9. The van der Waals surface area contributed by atoms with Crippen LogP contribution in [-0.4, -0.2) is 51.0 Å². The van der Waals surface area contributed by atoms with Crippen LogP contribution in [0.5, 0.6) is 0 Å². The van der Waals surface area contributed by atoms with E-state index in [1.807, 2.05) is 47.4 Å². The van der Waals surface area contributed by atoms with Gasteiger partial charge in [-0.25, -0.2) is 4.98 Å². The van der Waals surface area contributed by atoms with Gasteiger partial charge in [-0.05, 0) is 44.0 Å². The largest absolute Gasteiger partial charge is 0.339 e. The number of carbonyl (C=O) groups is 1. The number of piperidine rings is 1. The molecule has 0 atom stereocenters. The average Bonchev–Trinajstić information content (AvgIpc) is 2.83. The number of carbonyl (C=O) groups excluding carboxylic acids is 1. The van der Waals surface area contributed by atoms with Crippen LogP contribution in [0.25, 0.3) is 11.3 Å². The van der Waals surface area contributed by atoms with Crippen molar-refractivity contribution in [2.75, 3.05) is 24.5 Å². The van der Waals surface area contributed by atoms with Crippen LogP contribution >= 0.6 is 0 Å². The molecule has 0 saturated carbocycles. The number of rotatable bonds is 5. The second-order valence-corrected chi connectivity index (χ2v) is 7.75. The van der Waals surface area contributed by atoms with Gasteiger partial charge in [-0.1, -0.05) is 18.2 Å². The normalized spacial score (nSPS) is 14.5. The lowest BCUT2D eigenvalue weighted by molar-refractivity contribution is 0.0712. The summed E-state index contributed by atoms with van der Waals surface area (Å²) >= 11 is 0. The van der Waals surface area contributed by atoms with E-state index in [1.165, 1.54) is 0 Å². The van der Waals surface area contributed by atoms with Crippen molar-refractivity contribution in [2.45, 2.75) is 25.8 Å². The van der Waals surface area contributed by atoms with Crippen molar-refractivity contribution < 1.29 is 4.79 Å². The van der Waals surface area contributed by atoms with Gasteiger partial charge in [0, 0.05) is 62.3 Å². The second kappa shape index (κ2) is 9.12. The van der Waals surface area contributed by atoms with Crippen LogP contribution in [-0.2, 0) is 7.05 Å². The molecule has 1 aromatic carbocycles. The highest BCUT2D eigenvalue weighted by molar-refractivity contribution is 5.94. The van der Waals surface area contributed by atoms with Gasteiger partial charge in [0.2, 0.25) is 5.95 Å². The van der Waals surface area contributed by atoms with Crippen molar-refractivity contribution in [3.05, 3.63) is 76.8 Å². The predicted octanol–water partition coefficient (Wildman–Crippen LogP) is 2.97. The molecule has 0 spiro atoms. The molecule has 1 fully saturated rings. The Balaban J connectivity index is 1.54. The fourth-order valence-corrected chi connectivity index (χ4v) is 4.16. The summed E-state index contributed by atoms with van der Waals surface area (Å²) in [6.07, 6.45) is 5.07. The minimum absolute atomic E-state index is 0.0762. The Labute approximate surface area is 182 Å². The molecule has 3 heterocycles. The maximum Gasteiger partial charge on any atom is 0.255 e. The summed E-state index contributed by atoms with van der Waals surface area (Å²) in [5.74, 6) is 0.738. The van der Waals surface area contributed by atoms with Crippen LogP contribution in [0.3, 0.4) is 0 Å². The van der Waals surface area contributed by atoms with Gasteiger partial charge in [-0.2, -0.15) is 0 Å². The first-order valence-electron chi connectivity index (χ1n) is 10.7. The summed E-state index contributed by atoms with van der Waals surface area (Å²) in [4.78, 5) is 38.4. The maximum atomic E-state index is 12.8. The lowest BCUT2D eigenvalue weighted by Crippen LogP contribution is -2.48. The third-order valence-electron chi connectivity index (χ3n) is 5.90. The Morgan fingerprint density at radius 3 is 2.42 bits per heavy atom. The minimum atomic E-state index is -0.0908. The molecule has 1 saturated heterocycles. The number of pyridine rings is 1. The van der Waals surface area contributed by atoms with E-state index in [4.69, 9.17) is 4.98 Å². The molecule has 0 bridgehead atoms. The van der Waals surface area contributed by atoms with Gasteiger partial charge >= 0.3 is 0 Å². The Bertz CT molecular complexity index is 1090. The number of hydrogen-bond donors (Lipinski definition) is 0. The quantitative estimate of drug-likeness (QED) is 0.638. The van der Waals surface area contributed by atoms with Crippen molar-refractivity contribution in [1.82, 2.24) is 19.4 Å². The zero-order valence-corrected chi connectivity index (χ0v) is 17.9. The molecule has 0 unspecified atom stereocenters. The Morgan fingerprint density at radius 1 is 1.10 bits per heavy atom. The van der Waals surface area contributed by atoms with Gasteiger partial charge in [0.05, 0.1) is 5.69 Å². The molecule has 160 valence electrons. The summed E-state index contributed by atoms with van der Waals surface area (Å²) in [5.41, 5.74) is 2.15. The highest BCUT2D eigenvalue weighted by Crippen LogP contribution is 2.24. The number of aromatic nitrogens is 3. The van der Waals surface area contributed by atoms with Crippen molar-refractivity contribution >= 4 is 11.9 Å². The van der Waals surface area contributed by atoms with E-state index >= 15 is 0 Å². The zero-order chi connectivity index (χ0) is 21.8. The summed E-state index contributed by atoms with van der Waals surface area (Å²) in [7, 11) is 1.76. The average molecular weight is 418 g/mol. The molecule has 3 aromatic rings. The highest BCUT2D eigenvalue weighted by atomic mass is 16.2. The monoisotopic (exact) mass is 417 g/mol. The van der Waals surface area contributed by atoms with E-state index in [-0.39, 0.29) is 17.5 Å². The third kappa shape index (κ3) is 4.35. The summed E-state index contributed by atoms with van der Waals surface area (Å²) < 4.78 is 1.61. The van der Waals surface area contributed by atoms with Gasteiger partial charge in [-0.3, -0.25) is 19.1 Å². The lowest BCUT2D eigenvalue weighted by atomic mass is 10.0. The first kappa shape index (κ1) is 20.8. The van der Waals surface area contributed by atoms with E-state index in [9.17, 15) is 9.59 Å². The van der Waals surface area contributed by atoms with Crippen LogP contribution < -0.4 is 10.5 Å². The topological polar surface area (TPSA) is 71.3 Å². The van der Waals surface area contributed by atoms with Gasteiger partial charge in [0.1, 0.15) is 0 Å². The number of hydrogen-bond acceptors (Lipinski definition) is 5. The third-order valence-corrected chi connectivity index (χ3v) is 5.90. The van der Waals surface area contributed by atoms with Gasteiger partial charge in [-0.15, -0.1) is 0 Å². The molecular weight excluding hydrogens is 390 g/mol. The van der Waals surface area contributed by atoms with Gasteiger partial charge < -0.3 is 9.80 Å². The predicted molar refractivity (Wildman–Crippen MR) is 121 cm³/mol. The fourth-order valence-electron chi connectivity index (χ4n) is 4.16. The number of likely N-dealkylation sites (tertiary alicyclic amines) is 1. The van der Waals surface area contributed by atoms with E-state index in [1.54, 1.807) is 30.1 Å². The Kier molecular flexibility index (Phi) is 6.11. The van der Waals surface area contributed by atoms with Gasteiger partial charge in [0.15, 0.2) is 0 Å². The molecule has 1 aliphatic heterocycles. The molecule has 1 aliphatic rings. The van der Waals surface area contributed by atoms with E-state index in [2.05, 4.69) is 16.8 Å². The van der Waals surface area contributed by atoms with Crippen LogP contribution in [0.15, 0.2) is 65.7 Å². The summed E-state index contributed by atoms with van der Waals surface area (Å²) in [6.45, 7) is 4.18. The first-order valence-corrected chi connectivity index (χ1v) is 10.7. The molecule has 1 amide bonds. The number of benzene rings is 1. The van der Waals surface area contributed by atoms with E-state index in [0.29, 0.717) is 24.7 Å². The Morgan fingerprint density at radius 2 is 1.77 bits per heavy atom. The molecule has 0 N–H and O–H groups in total. The zero-order valence-electron chi connectivity index (χ0n) is 17.9. The van der Waals surface area contributed by atoms with Crippen LogP contribution in [0.2, 0.25) is 0 Å². The molecular formula is C24H27N5O2. The highest BCUT2D eigenvalue weighted by Gasteiger charge is 2.29. The lowest BCUT2D eigenvalue weighted by Gasteiger charge is -2.39.